The van der Waals surface area contributed by atoms with E-state index in [2.05, 4.69) is 15.9 Å². The number of carbonyl (C=O) groups excluding carboxylic acids is 2. The molecule has 1 aromatic rings. The number of Topliss-reactive ketones (excluding diaryl/α,β-unsaturated/α-hetero) is 1. The topological polar surface area (TPSA) is 57.9 Å². The maximum atomic E-state index is 11.5. The molecule has 0 radical (unpaired) electrons. The summed E-state index contributed by atoms with van der Waals surface area (Å²) in [7, 11) is 0. The van der Waals surface area contributed by atoms with E-state index < -0.39 is 0 Å². The highest BCUT2D eigenvalue weighted by Crippen LogP contribution is 2.20. The van der Waals surface area contributed by atoms with Crippen LogP contribution in [0.4, 0.5) is 0 Å². The van der Waals surface area contributed by atoms with Gasteiger partial charge in [-0.1, -0.05) is 15.9 Å². The van der Waals surface area contributed by atoms with E-state index in [1.54, 1.807) is 6.07 Å². The zero-order chi connectivity index (χ0) is 11.4. The summed E-state index contributed by atoms with van der Waals surface area (Å²) in [5, 5.41) is 9.09. The third-order valence-corrected chi connectivity index (χ3v) is 3.50. The first-order valence-corrected chi connectivity index (χ1v) is 6.12. The predicted octanol–water partition coefficient (Wildman–Crippen LogP) is 2.55. The molecule has 5 heteroatoms. The monoisotopic (exact) mass is 377 g/mol. The van der Waals surface area contributed by atoms with Crippen molar-refractivity contribution in [3.63, 3.8) is 0 Å². The van der Waals surface area contributed by atoms with E-state index in [4.69, 9.17) is 5.26 Å². The van der Waals surface area contributed by atoms with Crippen molar-refractivity contribution in [3.8, 4) is 6.07 Å². The summed E-state index contributed by atoms with van der Waals surface area (Å²) in [6.07, 6.45) is 0.672. The highest BCUT2D eigenvalue weighted by molar-refractivity contribution is 14.1. The van der Waals surface area contributed by atoms with Crippen molar-refractivity contribution in [2.24, 2.45) is 0 Å². The fraction of sp³-hybridized carbons (Fsp3) is 0.100. The number of benzene rings is 1. The molecular weight excluding hydrogens is 373 g/mol. The Kier molecular flexibility index (Phi) is 4.42. The van der Waals surface area contributed by atoms with Crippen molar-refractivity contribution in [3.05, 3.63) is 32.4 Å². The van der Waals surface area contributed by atoms with E-state index in [0.29, 0.717) is 21.0 Å². The molecule has 0 N–H and O–H groups in total. The average molecular weight is 378 g/mol. The summed E-state index contributed by atoms with van der Waals surface area (Å²) in [6.45, 7) is 0. The largest absolute Gasteiger partial charge is 0.298 e. The third-order valence-electron chi connectivity index (χ3n) is 1.83. The normalized spacial score (nSPS) is 9.40. The first kappa shape index (κ1) is 12.3. The number of hydrogen-bond donors (Lipinski definition) is 0. The molecule has 0 aliphatic rings. The van der Waals surface area contributed by atoms with E-state index in [9.17, 15) is 9.59 Å². The molecule has 0 spiro atoms. The zero-order valence-corrected chi connectivity index (χ0v) is 11.2. The molecule has 0 aliphatic carbocycles. The number of nitrogens with zero attached hydrogens (tertiary/aromatic N) is 1. The second kappa shape index (κ2) is 5.37. The van der Waals surface area contributed by atoms with Crippen LogP contribution in [0.2, 0.25) is 0 Å². The van der Waals surface area contributed by atoms with Crippen LogP contribution in [0.25, 0.3) is 0 Å². The van der Waals surface area contributed by atoms with Crippen molar-refractivity contribution < 1.29 is 9.59 Å². The molecular formula is C10H5BrINO2. The van der Waals surface area contributed by atoms with Gasteiger partial charge in [-0.2, -0.15) is 5.26 Å². The molecule has 0 saturated heterocycles. The molecule has 0 fully saturated rings. The molecule has 1 aromatic carbocycles. The molecule has 3 nitrogen and oxygen atoms in total. The van der Waals surface area contributed by atoms with Crippen LogP contribution >= 0.6 is 38.5 Å². The van der Waals surface area contributed by atoms with E-state index >= 15 is 0 Å². The minimum atomic E-state index is -0.165. The van der Waals surface area contributed by atoms with Gasteiger partial charge in [-0.05, 0) is 34.7 Å². The lowest BCUT2D eigenvalue weighted by Gasteiger charge is -2.04. The first-order valence-electron chi connectivity index (χ1n) is 3.92. The Labute approximate surface area is 109 Å². The number of hydrogen-bond acceptors (Lipinski definition) is 3. The minimum absolute atomic E-state index is 0.165. The van der Waals surface area contributed by atoms with Crippen LogP contribution in [0.15, 0.2) is 12.1 Å². The summed E-state index contributed by atoms with van der Waals surface area (Å²) < 4.78 is 0.525. The van der Waals surface area contributed by atoms with Crippen LogP contribution in [0.5, 0.6) is 0 Å². The van der Waals surface area contributed by atoms with Gasteiger partial charge >= 0.3 is 0 Å². The van der Waals surface area contributed by atoms with Gasteiger partial charge < -0.3 is 0 Å². The SMILES string of the molecule is N#Cc1c(C(=O)CBr)ccc(C=O)c1I. The summed E-state index contributed by atoms with van der Waals surface area (Å²) in [6, 6.07) is 5.00. The number of aldehydes is 1. The highest BCUT2D eigenvalue weighted by Gasteiger charge is 2.15. The molecule has 0 unspecified atom stereocenters. The number of ketones is 1. The molecule has 0 bridgehead atoms. The second-order valence-corrected chi connectivity index (χ2v) is 4.32. The summed E-state index contributed by atoms with van der Waals surface area (Å²) in [5.74, 6) is -0.165. The lowest BCUT2D eigenvalue weighted by atomic mass is 10.0. The van der Waals surface area contributed by atoms with E-state index in [1.165, 1.54) is 6.07 Å². The smallest absolute Gasteiger partial charge is 0.174 e. The number of nitriles is 1. The molecule has 76 valence electrons. The second-order valence-electron chi connectivity index (χ2n) is 2.68. The molecule has 0 heterocycles. The Morgan fingerprint density at radius 2 is 2.27 bits per heavy atom. The Bertz CT molecular complexity index is 465. The Morgan fingerprint density at radius 3 is 2.73 bits per heavy atom. The van der Waals surface area contributed by atoms with Crippen LogP contribution in [-0.4, -0.2) is 17.4 Å². The zero-order valence-electron chi connectivity index (χ0n) is 7.46. The van der Waals surface area contributed by atoms with Crippen LogP contribution in [0.1, 0.15) is 26.3 Å². The maximum Gasteiger partial charge on any atom is 0.174 e. The van der Waals surface area contributed by atoms with Crippen molar-refractivity contribution in [1.29, 1.82) is 5.26 Å². The lowest BCUT2D eigenvalue weighted by molar-refractivity contribution is 0.102. The fourth-order valence-electron chi connectivity index (χ4n) is 1.10. The number of carbonyl (C=O) groups is 2. The van der Waals surface area contributed by atoms with Gasteiger partial charge in [0.25, 0.3) is 0 Å². The van der Waals surface area contributed by atoms with Gasteiger partial charge in [0.05, 0.1) is 10.9 Å². The van der Waals surface area contributed by atoms with Crippen LogP contribution < -0.4 is 0 Å². The molecule has 1 rings (SSSR count). The maximum absolute atomic E-state index is 11.5. The first-order chi connectivity index (χ1) is 7.15. The third kappa shape index (κ3) is 2.44. The van der Waals surface area contributed by atoms with Gasteiger partial charge in [-0.3, -0.25) is 9.59 Å². The summed E-state index contributed by atoms with van der Waals surface area (Å²) in [4.78, 5) is 22.1. The van der Waals surface area contributed by atoms with Gasteiger partial charge in [-0.15, -0.1) is 0 Å². The van der Waals surface area contributed by atoms with Gasteiger partial charge in [0.2, 0.25) is 0 Å². The standard InChI is InChI=1S/C10H5BrINO2/c11-3-9(15)7-2-1-6(5-14)10(12)8(7)4-13/h1-2,5H,3H2. The van der Waals surface area contributed by atoms with Crippen molar-refractivity contribution in [1.82, 2.24) is 0 Å². The van der Waals surface area contributed by atoms with Crippen LogP contribution in [0.3, 0.4) is 0 Å². The van der Waals surface area contributed by atoms with Crippen molar-refractivity contribution in [2.45, 2.75) is 0 Å². The predicted molar refractivity (Wildman–Crippen MR) is 67.4 cm³/mol. The van der Waals surface area contributed by atoms with E-state index in [1.807, 2.05) is 28.7 Å². The van der Waals surface area contributed by atoms with Crippen LogP contribution in [-0.2, 0) is 0 Å². The van der Waals surface area contributed by atoms with Gasteiger partial charge in [0.1, 0.15) is 6.07 Å². The lowest BCUT2D eigenvalue weighted by Crippen LogP contribution is -2.06. The summed E-state index contributed by atoms with van der Waals surface area (Å²) >= 11 is 4.94. The molecule has 0 aliphatic heterocycles. The van der Waals surface area contributed by atoms with E-state index in [0.717, 1.165) is 0 Å². The summed E-state index contributed by atoms with van der Waals surface area (Å²) in [5.41, 5.74) is 1.05. The van der Waals surface area contributed by atoms with E-state index in [-0.39, 0.29) is 16.7 Å². The molecule has 0 atom stereocenters. The Morgan fingerprint density at radius 1 is 1.60 bits per heavy atom. The Balaban J connectivity index is 3.45. The molecule has 0 amide bonds. The quantitative estimate of drug-likeness (QED) is 0.352. The molecule has 0 aromatic heterocycles. The molecule has 15 heavy (non-hydrogen) atoms. The number of rotatable bonds is 3. The van der Waals surface area contributed by atoms with Crippen molar-refractivity contribution in [2.75, 3.05) is 5.33 Å². The van der Waals surface area contributed by atoms with Gasteiger partial charge in [-0.25, -0.2) is 0 Å². The molecule has 0 saturated carbocycles. The average Bonchev–Trinajstić information content (AvgIpc) is 2.27. The highest BCUT2D eigenvalue weighted by atomic mass is 127. The number of halogens is 2. The van der Waals surface area contributed by atoms with Crippen molar-refractivity contribution >= 4 is 50.6 Å². The minimum Gasteiger partial charge on any atom is -0.298 e. The van der Waals surface area contributed by atoms with Gasteiger partial charge in [0, 0.05) is 14.7 Å². The Hall–Kier alpha value is -0.740. The van der Waals surface area contributed by atoms with Gasteiger partial charge in [0.15, 0.2) is 12.1 Å². The fourth-order valence-corrected chi connectivity index (χ4v) is 2.12. The number of alkyl halides is 1. The van der Waals surface area contributed by atoms with Crippen LogP contribution in [0, 0.1) is 14.9 Å².